The Bertz CT molecular complexity index is 102. The lowest BCUT2D eigenvalue weighted by molar-refractivity contribution is -0.143. The van der Waals surface area contributed by atoms with Gasteiger partial charge >= 0.3 is 5.97 Å². The molecule has 0 heterocycles. The average Bonchev–Trinajstić information content (AvgIpc) is 1.85. The number of ether oxygens (including phenoxy) is 1. The zero-order valence-corrected chi connectivity index (χ0v) is 4.96. The molecule has 0 spiro atoms. The molecule has 0 atom stereocenters. The van der Waals surface area contributed by atoms with Crippen LogP contribution in [0.5, 0.6) is 0 Å². The van der Waals surface area contributed by atoms with Gasteiger partial charge in [-0.15, -0.1) is 0 Å². The van der Waals surface area contributed by atoms with E-state index in [-0.39, 0.29) is 19.6 Å². The number of hydrogen-bond acceptors (Lipinski definition) is 4. The van der Waals surface area contributed by atoms with Crippen molar-refractivity contribution in [1.29, 1.82) is 5.41 Å². The van der Waals surface area contributed by atoms with Gasteiger partial charge in [0.25, 0.3) is 0 Å². The average molecular weight is 131 g/mol. The molecule has 0 aromatic heterocycles. The summed E-state index contributed by atoms with van der Waals surface area (Å²) in [5, 5.41) is 14.6. The highest BCUT2D eigenvalue weighted by Gasteiger charge is 1.96. The first-order valence-corrected chi connectivity index (χ1v) is 2.56. The normalized spacial score (nSPS) is 8.56. The lowest BCUT2D eigenvalue weighted by Crippen LogP contribution is -2.07. The van der Waals surface area contributed by atoms with Crippen LogP contribution in [0.4, 0.5) is 0 Å². The lowest BCUT2D eigenvalue weighted by Gasteiger charge is -1.96. The summed E-state index contributed by atoms with van der Waals surface area (Å²) in [6, 6.07) is 0. The Hall–Kier alpha value is -0.900. The monoisotopic (exact) mass is 131 g/mol. The van der Waals surface area contributed by atoms with Gasteiger partial charge in [0.2, 0.25) is 0 Å². The van der Waals surface area contributed by atoms with Crippen molar-refractivity contribution in [1.82, 2.24) is 0 Å². The van der Waals surface area contributed by atoms with E-state index >= 15 is 0 Å². The Morgan fingerprint density at radius 2 is 2.44 bits per heavy atom. The largest absolute Gasteiger partial charge is 0.463 e. The summed E-state index contributed by atoms with van der Waals surface area (Å²) in [6.45, 7) is -0.142. The van der Waals surface area contributed by atoms with Crippen LogP contribution in [0.15, 0.2) is 0 Å². The molecule has 0 amide bonds. The van der Waals surface area contributed by atoms with Gasteiger partial charge in [0.15, 0.2) is 0 Å². The maximum absolute atomic E-state index is 10.3. The molecule has 0 aliphatic heterocycles. The molecule has 52 valence electrons. The van der Waals surface area contributed by atoms with Crippen molar-refractivity contribution in [3.63, 3.8) is 0 Å². The van der Waals surface area contributed by atoms with Gasteiger partial charge in [-0.2, -0.15) is 0 Å². The summed E-state index contributed by atoms with van der Waals surface area (Å²) >= 11 is 0. The van der Waals surface area contributed by atoms with E-state index in [2.05, 4.69) is 4.74 Å². The Morgan fingerprint density at radius 1 is 1.78 bits per heavy atom. The van der Waals surface area contributed by atoms with E-state index in [1.165, 1.54) is 0 Å². The molecular formula is C5H9NO3. The van der Waals surface area contributed by atoms with Crippen LogP contribution in [-0.2, 0) is 9.53 Å². The lowest BCUT2D eigenvalue weighted by atomic mass is 10.5. The van der Waals surface area contributed by atoms with Crippen LogP contribution in [0.3, 0.4) is 0 Å². The molecule has 0 fully saturated rings. The molecule has 0 bridgehead atoms. The van der Waals surface area contributed by atoms with Gasteiger partial charge in [-0.1, -0.05) is 0 Å². The summed E-state index contributed by atoms with van der Waals surface area (Å²) in [7, 11) is 0. The molecular weight excluding hydrogens is 122 g/mol. The second kappa shape index (κ2) is 5.24. The summed E-state index contributed by atoms with van der Waals surface area (Å²) in [4.78, 5) is 10.3. The molecule has 4 heteroatoms. The fourth-order valence-electron chi connectivity index (χ4n) is 0.302. The van der Waals surface area contributed by atoms with E-state index in [0.29, 0.717) is 0 Å². The van der Waals surface area contributed by atoms with Crippen LogP contribution in [0, 0.1) is 5.41 Å². The summed E-state index contributed by atoms with van der Waals surface area (Å²) in [5.41, 5.74) is 0. The third-order valence-electron chi connectivity index (χ3n) is 0.623. The van der Waals surface area contributed by atoms with Gasteiger partial charge in [0.05, 0.1) is 13.0 Å². The molecule has 0 saturated carbocycles. The van der Waals surface area contributed by atoms with Crippen molar-refractivity contribution >= 4 is 12.2 Å². The van der Waals surface area contributed by atoms with Gasteiger partial charge in [-0.25, -0.2) is 0 Å². The first kappa shape index (κ1) is 8.10. The number of carbonyl (C=O) groups is 1. The number of rotatable bonds is 4. The van der Waals surface area contributed by atoms with Gasteiger partial charge in [0.1, 0.15) is 6.61 Å². The predicted octanol–water partition coefficient (Wildman–Crippen LogP) is -0.438. The van der Waals surface area contributed by atoms with Crippen LogP contribution in [0.1, 0.15) is 6.42 Å². The minimum atomic E-state index is -0.473. The van der Waals surface area contributed by atoms with E-state index < -0.39 is 5.97 Å². The van der Waals surface area contributed by atoms with Crippen molar-refractivity contribution in [2.24, 2.45) is 0 Å². The van der Waals surface area contributed by atoms with E-state index in [9.17, 15) is 4.79 Å². The Kier molecular flexibility index (Phi) is 4.72. The van der Waals surface area contributed by atoms with Crippen molar-refractivity contribution in [2.45, 2.75) is 6.42 Å². The molecule has 0 rings (SSSR count). The second-order valence-corrected chi connectivity index (χ2v) is 1.35. The van der Waals surface area contributed by atoms with Gasteiger partial charge < -0.3 is 15.3 Å². The minimum absolute atomic E-state index is 0.0139. The van der Waals surface area contributed by atoms with Crippen LogP contribution in [-0.4, -0.2) is 30.5 Å². The van der Waals surface area contributed by atoms with E-state index in [0.717, 1.165) is 6.21 Å². The Morgan fingerprint density at radius 3 is 2.89 bits per heavy atom. The van der Waals surface area contributed by atoms with Gasteiger partial charge in [0, 0.05) is 6.21 Å². The maximum atomic E-state index is 10.3. The van der Waals surface area contributed by atoms with Crippen LogP contribution >= 0.6 is 0 Å². The zero-order chi connectivity index (χ0) is 7.11. The third-order valence-corrected chi connectivity index (χ3v) is 0.623. The predicted molar refractivity (Wildman–Crippen MR) is 31.4 cm³/mol. The van der Waals surface area contributed by atoms with Crippen molar-refractivity contribution in [3.8, 4) is 0 Å². The molecule has 0 unspecified atom stereocenters. The SMILES string of the molecule is N=CCC(=O)OCCO. The topological polar surface area (TPSA) is 70.4 Å². The standard InChI is InChI=1S/C5H9NO3/c6-2-1-5(8)9-4-3-7/h2,6-7H,1,3-4H2. The molecule has 2 N–H and O–H groups in total. The number of hydrogen-bond donors (Lipinski definition) is 2. The van der Waals surface area contributed by atoms with Crippen molar-refractivity contribution in [3.05, 3.63) is 0 Å². The summed E-state index contributed by atoms with van der Waals surface area (Å²) in [6.07, 6.45) is 0.944. The maximum Gasteiger partial charge on any atom is 0.311 e. The summed E-state index contributed by atoms with van der Waals surface area (Å²) in [5.74, 6) is -0.473. The second-order valence-electron chi connectivity index (χ2n) is 1.35. The van der Waals surface area contributed by atoms with Crippen molar-refractivity contribution < 1.29 is 14.6 Å². The number of carbonyl (C=O) groups excluding carboxylic acids is 1. The van der Waals surface area contributed by atoms with Crippen LogP contribution in [0.25, 0.3) is 0 Å². The van der Waals surface area contributed by atoms with E-state index in [1.807, 2.05) is 0 Å². The van der Waals surface area contributed by atoms with E-state index in [1.54, 1.807) is 0 Å². The number of aliphatic hydroxyl groups excluding tert-OH is 1. The third kappa shape index (κ3) is 4.96. The van der Waals surface area contributed by atoms with Crippen molar-refractivity contribution in [2.75, 3.05) is 13.2 Å². The molecule has 4 nitrogen and oxygen atoms in total. The number of nitrogens with one attached hydrogen (secondary N) is 1. The number of esters is 1. The fourth-order valence-corrected chi connectivity index (χ4v) is 0.302. The highest BCUT2D eigenvalue weighted by Crippen LogP contribution is 1.80. The smallest absolute Gasteiger partial charge is 0.311 e. The van der Waals surface area contributed by atoms with Crippen LogP contribution in [0.2, 0.25) is 0 Å². The first-order chi connectivity index (χ1) is 4.31. The van der Waals surface area contributed by atoms with Gasteiger partial charge in [-0.3, -0.25) is 4.79 Å². The highest BCUT2D eigenvalue weighted by molar-refractivity contribution is 5.84. The number of aliphatic hydroxyl groups is 1. The molecule has 0 aliphatic rings. The molecule has 0 aliphatic carbocycles. The molecule has 0 aromatic rings. The Labute approximate surface area is 53.0 Å². The van der Waals surface area contributed by atoms with Gasteiger partial charge in [-0.05, 0) is 0 Å². The fraction of sp³-hybridized carbons (Fsp3) is 0.600. The van der Waals surface area contributed by atoms with E-state index in [4.69, 9.17) is 10.5 Å². The summed E-state index contributed by atoms with van der Waals surface area (Å²) < 4.78 is 4.39. The minimum Gasteiger partial charge on any atom is -0.463 e. The van der Waals surface area contributed by atoms with Crippen LogP contribution < -0.4 is 0 Å². The molecule has 9 heavy (non-hydrogen) atoms. The highest BCUT2D eigenvalue weighted by atomic mass is 16.5. The zero-order valence-electron chi connectivity index (χ0n) is 4.96. The first-order valence-electron chi connectivity index (χ1n) is 2.56. The quantitative estimate of drug-likeness (QED) is 0.401. The molecule has 0 radical (unpaired) electrons. The molecule has 0 aromatic carbocycles. The molecule has 0 saturated heterocycles. The Balaban J connectivity index is 3.16.